The van der Waals surface area contributed by atoms with E-state index in [1.165, 1.54) is 0 Å². The summed E-state index contributed by atoms with van der Waals surface area (Å²) in [7, 11) is 0. The molecule has 1 aromatic carbocycles. The van der Waals surface area contributed by atoms with Crippen LogP contribution in [0.1, 0.15) is 17.2 Å². The van der Waals surface area contributed by atoms with E-state index in [1.54, 1.807) is 0 Å². The molecule has 0 aliphatic carbocycles. The van der Waals surface area contributed by atoms with Crippen LogP contribution >= 0.6 is 0 Å². The Hall–Kier alpha value is -1.30. The number of terminal acetylenes is 1. The van der Waals surface area contributed by atoms with Gasteiger partial charge in [0.15, 0.2) is 0 Å². The minimum Gasteiger partial charge on any atom is -0.329 e. The second-order valence-electron chi connectivity index (χ2n) is 2.61. The fourth-order valence-corrected chi connectivity index (χ4v) is 0.995. The molecular weight excluding hydrogens is 148 g/mol. The Labute approximate surface area is 72.6 Å². The number of nitrogens with two attached hydrogens (primary N) is 2. The molecule has 1 rings (SSSR count). The lowest BCUT2D eigenvalue weighted by molar-refractivity contribution is 0.737. The van der Waals surface area contributed by atoms with Crippen LogP contribution in [0, 0.1) is 12.3 Å². The Kier molecular flexibility index (Phi) is 2.87. The lowest BCUT2D eigenvalue weighted by Crippen LogP contribution is -2.20. The van der Waals surface area contributed by atoms with Gasteiger partial charge in [0, 0.05) is 18.2 Å². The van der Waals surface area contributed by atoms with Crippen LogP contribution in [0.4, 0.5) is 0 Å². The van der Waals surface area contributed by atoms with E-state index in [-0.39, 0.29) is 6.04 Å². The first-order valence-electron chi connectivity index (χ1n) is 3.80. The zero-order valence-electron chi connectivity index (χ0n) is 6.83. The predicted octanol–water partition coefficient (Wildman–Crippen LogP) is 0.626. The molecular formula is C10H12N2. The quantitative estimate of drug-likeness (QED) is 0.623. The van der Waals surface area contributed by atoms with Crippen molar-refractivity contribution < 1.29 is 0 Å². The molecule has 0 fully saturated rings. The Bertz CT molecular complexity index is 299. The van der Waals surface area contributed by atoms with Crippen molar-refractivity contribution in [2.45, 2.75) is 6.04 Å². The van der Waals surface area contributed by atoms with Crippen LogP contribution in [0.25, 0.3) is 0 Å². The molecule has 1 aromatic rings. The molecule has 0 aromatic heterocycles. The van der Waals surface area contributed by atoms with Crippen LogP contribution < -0.4 is 11.5 Å². The highest BCUT2D eigenvalue weighted by Gasteiger charge is 2.02. The third-order valence-corrected chi connectivity index (χ3v) is 1.74. The summed E-state index contributed by atoms with van der Waals surface area (Å²) in [6, 6.07) is 7.46. The summed E-state index contributed by atoms with van der Waals surface area (Å²) in [5.41, 5.74) is 13.0. The average Bonchev–Trinajstić information content (AvgIpc) is 2.17. The van der Waals surface area contributed by atoms with Gasteiger partial charge in [-0.3, -0.25) is 0 Å². The molecule has 0 radical (unpaired) electrons. The first-order chi connectivity index (χ1) is 5.77. The van der Waals surface area contributed by atoms with Crippen molar-refractivity contribution in [1.82, 2.24) is 0 Å². The first kappa shape index (κ1) is 8.79. The zero-order valence-corrected chi connectivity index (χ0v) is 6.83. The zero-order chi connectivity index (χ0) is 8.97. The predicted molar refractivity (Wildman–Crippen MR) is 50.4 cm³/mol. The molecule has 0 spiro atoms. The molecule has 4 N–H and O–H groups in total. The fourth-order valence-electron chi connectivity index (χ4n) is 0.995. The molecule has 0 aliphatic heterocycles. The lowest BCUT2D eigenvalue weighted by Gasteiger charge is -2.08. The van der Waals surface area contributed by atoms with Gasteiger partial charge in [0.05, 0.1) is 0 Å². The number of hydrogen-bond donors (Lipinski definition) is 2. The van der Waals surface area contributed by atoms with Gasteiger partial charge in [0.25, 0.3) is 0 Å². The number of benzene rings is 1. The van der Waals surface area contributed by atoms with Crippen LogP contribution in [0.2, 0.25) is 0 Å². The van der Waals surface area contributed by atoms with Gasteiger partial charge in [0.1, 0.15) is 0 Å². The standard InChI is InChI=1S/C10H12N2/c1-2-8-4-3-5-9(6-8)10(12)7-11/h1,3-6,10H,7,11-12H2/t10-/m1/s1. The Morgan fingerprint density at radius 2 is 2.25 bits per heavy atom. The highest BCUT2D eigenvalue weighted by molar-refractivity contribution is 5.36. The van der Waals surface area contributed by atoms with Crippen molar-refractivity contribution >= 4 is 0 Å². The normalized spacial score (nSPS) is 12.1. The summed E-state index contributed by atoms with van der Waals surface area (Å²) < 4.78 is 0. The molecule has 0 heterocycles. The summed E-state index contributed by atoms with van der Waals surface area (Å²) in [6.45, 7) is 0.439. The van der Waals surface area contributed by atoms with Gasteiger partial charge in [-0.15, -0.1) is 6.42 Å². The second kappa shape index (κ2) is 3.91. The van der Waals surface area contributed by atoms with Crippen molar-refractivity contribution in [2.24, 2.45) is 11.5 Å². The van der Waals surface area contributed by atoms with E-state index in [2.05, 4.69) is 5.92 Å². The first-order valence-corrected chi connectivity index (χ1v) is 3.80. The summed E-state index contributed by atoms with van der Waals surface area (Å²) in [4.78, 5) is 0. The molecule has 0 unspecified atom stereocenters. The van der Waals surface area contributed by atoms with E-state index in [4.69, 9.17) is 17.9 Å². The molecule has 1 atom stereocenters. The average molecular weight is 160 g/mol. The Balaban J connectivity index is 2.95. The third-order valence-electron chi connectivity index (χ3n) is 1.74. The van der Waals surface area contributed by atoms with Gasteiger partial charge in [0.2, 0.25) is 0 Å². The maximum Gasteiger partial charge on any atom is 0.0419 e. The van der Waals surface area contributed by atoms with Crippen LogP contribution in [-0.2, 0) is 0 Å². The molecule has 0 saturated carbocycles. The molecule has 62 valence electrons. The second-order valence-corrected chi connectivity index (χ2v) is 2.61. The molecule has 2 nitrogen and oxygen atoms in total. The minimum absolute atomic E-state index is 0.113. The number of hydrogen-bond acceptors (Lipinski definition) is 2. The lowest BCUT2D eigenvalue weighted by atomic mass is 10.1. The highest BCUT2D eigenvalue weighted by atomic mass is 14.7. The van der Waals surface area contributed by atoms with Gasteiger partial charge >= 0.3 is 0 Å². The van der Waals surface area contributed by atoms with E-state index in [0.717, 1.165) is 11.1 Å². The van der Waals surface area contributed by atoms with E-state index in [1.807, 2.05) is 24.3 Å². The minimum atomic E-state index is -0.113. The van der Waals surface area contributed by atoms with Gasteiger partial charge in [-0.25, -0.2) is 0 Å². The van der Waals surface area contributed by atoms with E-state index in [9.17, 15) is 0 Å². The fraction of sp³-hybridized carbons (Fsp3) is 0.200. The topological polar surface area (TPSA) is 52.0 Å². The Morgan fingerprint density at radius 1 is 1.50 bits per heavy atom. The van der Waals surface area contributed by atoms with Crippen LogP contribution in [-0.4, -0.2) is 6.54 Å². The summed E-state index contributed by atoms with van der Waals surface area (Å²) in [6.07, 6.45) is 5.24. The third kappa shape index (κ3) is 1.85. The van der Waals surface area contributed by atoms with Crippen molar-refractivity contribution in [3.05, 3.63) is 35.4 Å². The smallest absolute Gasteiger partial charge is 0.0419 e. The van der Waals surface area contributed by atoms with Gasteiger partial charge in [-0.2, -0.15) is 0 Å². The van der Waals surface area contributed by atoms with Crippen LogP contribution in [0.3, 0.4) is 0 Å². The molecule has 0 aliphatic rings. The van der Waals surface area contributed by atoms with Crippen molar-refractivity contribution in [2.75, 3.05) is 6.54 Å². The SMILES string of the molecule is C#Cc1cccc([C@H](N)CN)c1. The molecule has 0 amide bonds. The van der Waals surface area contributed by atoms with Crippen LogP contribution in [0.5, 0.6) is 0 Å². The van der Waals surface area contributed by atoms with E-state index < -0.39 is 0 Å². The largest absolute Gasteiger partial charge is 0.329 e. The molecule has 0 bridgehead atoms. The summed E-state index contributed by atoms with van der Waals surface area (Å²) in [5, 5.41) is 0. The summed E-state index contributed by atoms with van der Waals surface area (Å²) in [5.74, 6) is 2.55. The van der Waals surface area contributed by atoms with Crippen molar-refractivity contribution in [3.63, 3.8) is 0 Å². The number of rotatable bonds is 2. The molecule has 0 saturated heterocycles. The van der Waals surface area contributed by atoms with E-state index >= 15 is 0 Å². The van der Waals surface area contributed by atoms with Gasteiger partial charge in [-0.05, 0) is 17.7 Å². The highest BCUT2D eigenvalue weighted by Crippen LogP contribution is 2.10. The van der Waals surface area contributed by atoms with Crippen molar-refractivity contribution in [1.29, 1.82) is 0 Å². The monoisotopic (exact) mass is 160 g/mol. The summed E-state index contributed by atoms with van der Waals surface area (Å²) >= 11 is 0. The Morgan fingerprint density at radius 3 is 2.83 bits per heavy atom. The molecule has 2 heteroatoms. The maximum atomic E-state index is 5.72. The maximum absolute atomic E-state index is 5.72. The van der Waals surface area contributed by atoms with Crippen molar-refractivity contribution in [3.8, 4) is 12.3 Å². The molecule has 12 heavy (non-hydrogen) atoms. The van der Waals surface area contributed by atoms with Gasteiger partial charge < -0.3 is 11.5 Å². The van der Waals surface area contributed by atoms with E-state index in [0.29, 0.717) is 6.54 Å². The van der Waals surface area contributed by atoms with Gasteiger partial charge in [-0.1, -0.05) is 18.1 Å². The van der Waals surface area contributed by atoms with Crippen LogP contribution in [0.15, 0.2) is 24.3 Å².